The van der Waals surface area contributed by atoms with Crippen LogP contribution in [0.5, 0.6) is 5.75 Å². The summed E-state index contributed by atoms with van der Waals surface area (Å²) in [5.74, 6) is 0.975. The van der Waals surface area contributed by atoms with Gasteiger partial charge in [0, 0.05) is 6.42 Å². The zero-order chi connectivity index (χ0) is 13.9. The average molecular weight is 314 g/mol. The third-order valence-electron chi connectivity index (χ3n) is 3.38. The van der Waals surface area contributed by atoms with Gasteiger partial charge in [-0.1, -0.05) is 6.07 Å². The quantitative estimate of drug-likeness (QED) is 0.837. The number of Topliss-reactive ketones (excluding diaryl/α,β-unsaturated/α-hetero) is 1. The van der Waals surface area contributed by atoms with E-state index in [0.29, 0.717) is 6.42 Å². The van der Waals surface area contributed by atoms with Gasteiger partial charge < -0.3 is 4.74 Å². The minimum Gasteiger partial charge on any atom is -0.496 e. The summed E-state index contributed by atoms with van der Waals surface area (Å²) in [6.45, 7) is 3.88. The van der Waals surface area contributed by atoms with Gasteiger partial charge in [-0.25, -0.2) is 0 Å². The van der Waals surface area contributed by atoms with E-state index in [-0.39, 0.29) is 5.78 Å². The Morgan fingerprint density at radius 2 is 2.00 bits per heavy atom. The first-order valence-electron chi connectivity index (χ1n) is 5.82. The maximum absolute atomic E-state index is 12.3. The molecule has 0 unspecified atom stereocenters. The van der Waals surface area contributed by atoms with E-state index >= 15 is 0 Å². The Labute approximate surface area is 117 Å². The lowest BCUT2D eigenvalue weighted by Gasteiger charge is -2.31. The molecule has 0 aliphatic rings. The molecule has 0 radical (unpaired) electrons. The average Bonchev–Trinajstić information content (AvgIpc) is 2.28. The van der Waals surface area contributed by atoms with E-state index in [1.807, 2.05) is 51.0 Å². The zero-order valence-electron chi connectivity index (χ0n) is 11.6. The molecule has 0 saturated heterocycles. The molecular weight excluding hydrogens is 294 g/mol. The standard InChI is InChI=1S/C14H20BrNO2/c1-14(2,16(3)4)13(17)9-10-6-7-12(18-5)11(15)8-10/h6-8H,9H2,1-5H3. The smallest absolute Gasteiger partial charge is 0.156 e. The number of rotatable bonds is 5. The summed E-state index contributed by atoms with van der Waals surface area (Å²) in [6.07, 6.45) is 0.424. The second-order valence-corrected chi connectivity index (χ2v) is 5.88. The third kappa shape index (κ3) is 3.33. The van der Waals surface area contributed by atoms with Crippen LogP contribution in [0.2, 0.25) is 0 Å². The molecule has 1 aromatic carbocycles. The highest BCUT2D eigenvalue weighted by Gasteiger charge is 2.29. The molecule has 0 aromatic heterocycles. The normalized spacial score (nSPS) is 11.7. The molecule has 4 heteroatoms. The van der Waals surface area contributed by atoms with E-state index in [2.05, 4.69) is 15.9 Å². The number of ether oxygens (including phenoxy) is 1. The molecule has 100 valence electrons. The fourth-order valence-electron chi connectivity index (χ4n) is 1.47. The Morgan fingerprint density at radius 1 is 1.39 bits per heavy atom. The summed E-state index contributed by atoms with van der Waals surface area (Å²) in [7, 11) is 5.46. The monoisotopic (exact) mass is 313 g/mol. The van der Waals surface area contributed by atoms with Gasteiger partial charge in [0.1, 0.15) is 5.75 Å². The third-order valence-corrected chi connectivity index (χ3v) is 4.00. The number of carbonyl (C=O) groups is 1. The first kappa shape index (κ1) is 15.2. The number of methoxy groups -OCH3 is 1. The summed E-state index contributed by atoms with van der Waals surface area (Å²) in [4.78, 5) is 14.2. The SMILES string of the molecule is COc1ccc(CC(=O)C(C)(C)N(C)C)cc1Br. The van der Waals surface area contributed by atoms with Crippen LogP contribution in [0.25, 0.3) is 0 Å². The highest BCUT2D eigenvalue weighted by Crippen LogP contribution is 2.26. The number of halogens is 1. The van der Waals surface area contributed by atoms with Crippen LogP contribution < -0.4 is 4.74 Å². The zero-order valence-corrected chi connectivity index (χ0v) is 13.2. The van der Waals surface area contributed by atoms with Crippen LogP contribution in [0.1, 0.15) is 19.4 Å². The summed E-state index contributed by atoms with van der Waals surface area (Å²) in [5, 5.41) is 0. The number of hydrogen-bond donors (Lipinski definition) is 0. The molecule has 1 aromatic rings. The molecule has 0 fully saturated rings. The van der Waals surface area contributed by atoms with E-state index in [1.165, 1.54) is 0 Å². The van der Waals surface area contributed by atoms with Gasteiger partial charge in [-0.05, 0) is 61.6 Å². The molecule has 3 nitrogen and oxygen atoms in total. The van der Waals surface area contributed by atoms with Crippen molar-refractivity contribution >= 4 is 21.7 Å². The maximum atomic E-state index is 12.3. The number of likely N-dealkylation sites (N-methyl/N-ethyl adjacent to an activating group) is 1. The van der Waals surface area contributed by atoms with Gasteiger partial charge >= 0.3 is 0 Å². The predicted octanol–water partition coefficient (Wildman–Crippen LogP) is 2.91. The van der Waals surface area contributed by atoms with Crippen molar-refractivity contribution in [3.8, 4) is 5.75 Å². The van der Waals surface area contributed by atoms with Crippen molar-refractivity contribution in [2.45, 2.75) is 25.8 Å². The minimum absolute atomic E-state index is 0.199. The molecule has 0 saturated carbocycles. The van der Waals surface area contributed by atoms with Crippen LogP contribution in [-0.4, -0.2) is 37.4 Å². The molecule has 0 aliphatic carbocycles. The molecule has 0 atom stereocenters. The Morgan fingerprint density at radius 3 is 2.44 bits per heavy atom. The first-order valence-corrected chi connectivity index (χ1v) is 6.61. The van der Waals surface area contributed by atoms with Gasteiger partial charge in [0.25, 0.3) is 0 Å². The van der Waals surface area contributed by atoms with Gasteiger partial charge in [0.15, 0.2) is 5.78 Å². The van der Waals surface area contributed by atoms with Gasteiger partial charge in [-0.2, -0.15) is 0 Å². The number of benzene rings is 1. The topological polar surface area (TPSA) is 29.5 Å². The maximum Gasteiger partial charge on any atom is 0.156 e. The van der Waals surface area contributed by atoms with Crippen molar-refractivity contribution in [2.75, 3.05) is 21.2 Å². The summed E-state index contributed by atoms with van der Waals surface area (Å²) in [6, 6.07) is 5.73. The fraction of sp³-hybridized carbons (Fsp3) is 0.500. The second kappa shape index (κ2) is 5.85. The molecule has 18 heavy (non-hydrogen) atoms. The molecular formula is C14H20BrNO2. The van der Waals surface area contributed by atoms with E-state index in [9.17, 15) is 4.79 Å². The summed E-state index contributed by atoms with van der Waals surface area (Å²) >= 11 is 3.43. The lowest BCUT2D eigenvalue weighted by molar-refractivity contribution is -0.127. The first-order chi connectivity index (χ1) is 8.28. The molecule has 0 amide bonds. The lowest BCUT2D eigenvalue weighted by atomic mass is 9.92. The second-order valence-electron chi connectivity index (χ2n) is 5.02. The van der Waals surface area contributed by atoms with Crippen LogP contribution in [0.3, 0.4) is 0 Å². The van der Waals surface area contributed by atoms with Crippen molar-refractivity contribution in [1.29, 1.82) is 0 Å². The van der Waals surface area contributed by atoms with E-state index < -0.39 is 5.54 Å². The van der Waals surface area contributed by atoms with Crippen LogP contribution in [0.15, 0.2) is 22.7 Å². The van der Waals surface area contributed by atoms with Gasteiger partial charge in [-0.15, -0.1) is 0 Å². The van der Waals surface area contributed by atoms with Crippen molar-refractivity contribution in [3.63, 3.8) is 0 Å². The van der Waals surface area contributed by atoms with Crippen LogP contribution in [0.4, 0.5) is 0 Å². The molecule has 0 N–H and O–H groups in total. The molecule has 0 spiro atoms. The lowest BCUT2D eigenvalue weighted by Crippen LogP contribution is -2.46. The van der Waals surface area contributed by atoms with Crippen LogP contribution in [0, 0.1) is 0 Å². The Hall–Kier alpha value is -0.870. The fourth-order valence-corrected chi connectivity index (χ4v) is 2.06. The van der Waals surface area contributed by atoms with Gasteiger partial charge in [0.2, 0.25) is 0 Å². The van der Waals surface area contributed by atoms with E-state index in [0.717, 1.165) is 15.8 Å². The predicted molar refractivity (Wildman–Crippen MR) is 77.2 cm³/mol. The Bertz CT molecular complexity index is 441. The van der Waals surface area contributed by atoms with Gasteiger partial charge in [0.05, 0.1) is 17.1 Å². The van der Waals surface area contributed by atoms with Crippen LogP contribution in [-0.2, 0) is 11.2 Å². The minimum atomic E-state index is -0.452. The number of ketones is 1. The van der Waals surface area contributed by atoms with E-state index in [4.69, 9.17) is 4.74 Å². The summed E-state index contributed by atoms with van der Waals surface area (Å²) in [5.41, 5.74) is 0.537. The number of carbonyl (C=O) groups excluding carboxylic acids is 1. The van der Waals surface area contributed by atoms with Crippen molar-refractivity contribution in [2.24, 2.45) is 0 Å². The number of hydrogen-bond acceptors (Lipinski definition) is 3. The van der Waals surface area contributed by atoms with Crippen molar-refractivity contribution in [3.05, 3.63) is 28.2 Å². The molecule has 0 aliphatic heterocycles. The van der Waals surface area contributed by atoms with Crippen LogP contribution >= 0.6 is 15.9 Å². The van der Waals surface area contributed by atoms with E-state index in [1.54, 1.807) is 7.11 Å². The number of nitrogens with zero attached hydrogens (tertiary/aromatic N) is 1. The molecule has 1 rings (SSSR count). The molecule has 0 bridgehead atoms. The highest BCUT2D eigenvalue weighted by molar-refractivity contribution is 9.10. The van der Waals surface area contributed by atoms with Crippen molar-refractivity contribution < 1.29 is 9.53 Å². The Kier molecular flexibility index (Phi) is 4.93. The largest absolute Gasteiger partial charge is 0.496 e. The Balaban J connectivity index is 2.86. The summed E-state index contributed by atoms with van der Waals surface area (Å²) < 4.78 is 6.04. The molecule has 0 heterocycles. The van der Waals surface area contributed by atoms with Gasteiger partial charge in [-0.3, -0.25) is 9.69 Å². The van der Waals surface area contributed by atoms with Crippen molar-refractivity contribution in [1.82, 2.24) is 4.90 Å². The highest BCUT2D eigenvalue weighted by atomic mass is 79.9.